The van der Waals surface area contributed by atoms with Gasteiger partial charge in [-0.25, -0.2) is 0 Å². The maximum absolute atomic E-state index is 9.08. The Morgan fingerprint density at radius 3 is 2.50 bits per heavy atom. The van der Waals surface area contributed by atoms with Gasteiger partial charge in [0.25, 0.3) is 0 Å². The average molecular weight is 258 g/mol. The first-order valence-corrected chi connectivity index (χ1v) is 5.46. The van der Waals surface area contributed by atoms with Crippen LogP contribution in [-0.4, -0.2) is 30.6 Å². The molecule has 0 bridgehead atoms. The van der Waals surface area contributed by atoms with Crippen molar-refractivity contribution in [2.45, 2.75) is 13.0 Å². The standard InChI is InChI=1S/C11H16BrNO/c1-13(2)7-6-9-4-3-5-10(8-14)11(9)12/h3-5,14H,6-8H2,1-2H3. The monoisotopic (exact) mass is 257 g/mol. The molecule has 0 aliphatic heterocycles. The number of likely N-dealkylation sites (N-methyl/N-ethyl adjacent to an activating group) is 1. The Morgan fingerprint density at radius 1 is 1.29 bits per heavy atom. The van der Waals surface area contributed by atoms with Crippen molar-refractivity contribution in [2.75, 3.05) is 20.6 Å². The van der Waals surface area contributed by atoms with E-state index in [-0.39, 0.29) is 6.61 Å². The highest BCUT2D eigenvalue weighted by Gasteiger charge is 2.04. The summed E-state index contributed by atoms with van der Waals surface area (Å²) in [6.07, 6.45) is 1.00. The van der Waals surface area contributed by atoms with E-state index in [1.165, 1.54) is 5.56 Å². The SMILES string of the molecule is CN(C)CCc1cccc(CO)c1Br. The van der Waals surface area contributed by atoms with Crippen LogP contribution in [0.2, 0.25) is 0 Å². The van der Waals surface area contributed by atoms with Crippen molar-refractivity contribution in [1.29, 1.82) is 0 Å². The summed E-state index contributed by atoms with van der Waals surface area (Å²) in [6.45, 7) is 1.11. The lowest BCUT2D eigenvalue weighted by Crippen LogP contribution is -2.15. The predicted octanol–water partition coefficient (Wildman–Crippen LogP) is 2.05. The predicted molar refractivity (Wildman–Crippen MR) is 62.3 cm³/mol. The first kappa shape index (κ1) is 11.7. The quantitative estimate of drug-likeness (QED) is 0.893. The normalized spacial score (nSPS) is 10.9. The van der Waals surface area contributed by atoms with Gasteiger partial charge in [-0.05, 0) is 31.6 Å². The van der Waals surface area contributed by atoms with Crippen molar-refractivity contribution in [3.63, 3.8) is 0 Å². The minimum atomic E-state index is 0.0936. The molecule has 1 aromatic rings. The van der Waals surface area contributed by atoms with E-state index in [2.05, 4.69) is 41.0 Å². The van der Waals surface area contributed by atoms with Crippen LogP contribution in [0, 0.1) is 0 Å². The van der Waals surface area contributed by atoms with E-state index in [4.69, 9.17) is 5.11 Å². The second kappa shape index (κ2) is 5.49. The molecule has 2 nitrogen and oxygen atoms in total. The topological polar surface area (TPSA) is 23.5 Å². The van der Waals surface area contributed by atoms with Gasteiger partial charge < -0.3 is 10.0 Å². The molecule has 3 heteroatoms. The zero-order valence-corrected chi connectivity index (χ0v) is 10.2. The molecule has 0 heterocycles. The second-order valence-electron chi connectivity index (χ2n) is 3.60. The number of benzene rings is 1. The van der Waals surface area contributed by atoms with Crippen LogP contribution in [0.1, 0.15) is 11.1 Å². The summed E-state index contributed by atoms with van der Waals surface area (Å²) in [5.74, 6) is 0. The first-order chi connectivity index (χ1) is 6.65. The van der Waals surface area contributed by atoms with Crippen LogP contribution in [0.25, 0.3) is 0 Å². The summed E-state index contributed by atoms with van der Waals surface area (Å²) in [4.78, 5) is 2.15. The van der Waals surface area contributed by atoms with E-state index >= 15 is 0 Å². The number of aliphatic hydroxyl groups excluding tert-OH is 1. The number of hydrogen-bond donors (Lipinski definition) is 1. The highest BCUT2D eigenvalue weighted by molar-refractivity contribution is 9.10. The van der Waals surface area contributed by atoms with Gasteiger partial charge in [-0.1, -0.05) is 34.1 Å². The van der Waals surface area contributed by atoms with Crippen molar-refractivity contribution in [3.05, 3.63) is 33.8 Å². The Balaban J connectivity index is 2.76. The van der Waals surface area contributed by atoms with Gasteiger partial charge in [0, 0.05) is 11.0 Å². The van der Waals surface area contributed by atoms with Gasteiger partial charge in [0.15, 0.2) is 0 Å². The molecule has 0 aliphatic carbocycles. The Hall–Kier alpha value is -0.380. The molecule has 0 radical (unpaired) electrons. The molecular formula is C11H16BrNO. The van der Waals surface area contributed by atoms with Crippen LogP contribution in [-0.2, 0) is 13.0 Å². The average Bonchev–Trinajstić information content (AvgIpc) is 2.16. The fraction of sp³-hybridized carbons (Fsp3) is 0.455. The Labute approximate surface area is 93.7 Å². The third kappa shape index (κ3) is 3.08. The van der Waals surface area contributed by atoms with E-state index in [0.29, 0.717) is 0 Å². The molecule has 0 spiro atoms. The molecule has 1 aromatic carbocycles. The van der Waals surface area contributed by atoms with Gasteiger partial charge >= 0.3 is 0 Å². The summed E-state index contributed by atoms with van der Waals surface area (Å²) >= 11 is 3.51. The largest absolute Gasteiger partial charge is 0.392 e. The maximum atomic E-state index is 9.08. The molecule has 0 fully saturated rings. The van der Waals surface area contributed by atoms with Gasteiger partial charge in [-0.3, -0.25) is 0 Å². The number of halogens is 1. The van der Waals surface area contributed by atoms with Gasteiger partial charge in [0.05, 0.1) is 6.61 Å². The minimum Gasteiger partial charge on any atom is -0.392 e. The smallest absolute Gasteiger partial charge is 0.0692 e. The molecule has 14 heavy (non-hydrogen) atoms. The van der Waals surface area contributed by atoms with Gasteiger partial charge in [0.1, 0.15) is 0 Å². The fourth-order valence-electron chi connectivity index (χ4n) is 1.29. The summed E-state index contributed by atoms with van der Waals surface area (Å²) in [5.41, 5.74) is 2.21. The van der Waals surface area contributed by atoms with Crippen molar-refractivity contribution in [2.24, 2.45) is 0 Å². The zero-order valence-electron chi connectivity index (χ0n) is 8.63. The summed E-state index contributed by atoms with van der Waals surface area (Å²) in [7, 11) is 4.12. The molecule has 0 atom stereocenters. The Kier molecular flexibility index (Phi) is 4.58. The number of nitrogens with zero attached hydrogens (tertiary/aromatic N) is 1. The van der Waals surface area contributed by atoms with Crippen LogP contribution in [0.5, 0.6) is 0 Å². The Morgan fingerprint density at radius 2 is 1.93 bits per heavy atom. The van der Waals surface area contributed by atoms with Crippen molar-refractivity contribution < 1.29 is 5.11 Å². The number of aliphatic hydroxyl groups is 1. The highest BCUT2D eigenvalue weighted by Crippen LogP contribution is 2.22. The van der Waals surface area contributed by atoms with Gasteiger partial charge in [-0.15, -0.1) is 0 Å². The van der Waals surface area contributed by atoms with Crippen LogP contribution in [0.3, 0.4) is 0 Å². The molecule has 0 aromatic heterocycles. The lowest BCUT2D eigenvalue weighted by atomic mass is 10.1. The lowest BCUT2D eigenvalue weighted by molar-refractivity contribution is 0.281. The van der Waals surface area contributed by atoms with Crippen LogP contribution in [0.15, 0.2) is 22.7 Å². The maximum Gasteiger partial charge on any atom is 0.0692 e. The van der Waals surface area contributed by atoms with E-state index in [0.717, 1.165) is 23.0 Å². The third-order valence-corrected chi connectivity index (χ3v) is 3.18. The zero-order chi connectivity index (χ0) is 10.6. The van der Waals surface area contributed by atoms with E-state index in [9.17, 15) is 0 Å². The van der Waals surface area contributed by atoms with Gasteiger partial charge in [-0.2, -0.15) is 0 Å². The molecule has 0 aliphatic rings. The van der Waals surface area contributed by atoms with Crippen LogP contribution < -0.4 is 0 Å². The molecule has 1 rings (SSSR count). The molecule has 1 N–H and O–H groups in total. The van der Waals surface area contributed by atoms with Crippen molar-refractivity contribution in [1.82, 2.24) is 4.90 Å². The summed E-state index contributed by atoms with van der Waals surface area (Å²) in [6, 6.07) is 6.01. The van der Waals surface area contributed by atoms with Crippen LogP contribution in [0.4, 0.5) is 0 Å². The molecule has 78 valence electrons. The van der Waals surface area contributed by atoms with E-state index in [1.807, 2.05) is 12.1 Å². The molecule has 0 saturated carbocycles. The molecule has 0 unspecified atom stereocenters. The molecular weight excluding hydrogens is 242 g/mol. The fourth-order valence-corrected chi connectivity index (χ4v) is 1.88. The van der Waals surface area contributed by atoms with Gasteiger partial charge in [0.2, 0.25) is 0 Å². The minimum absolute atomic E-state index is 0.0936. The van der Waals surface area contributed by atoms with Crippen molar-refractivity contribution in [3.8, 4) is 0 Å². The Bertz CT molecular complexity index is 299. The molecule has 0 amide bonds. The van der Waals surface area contributed by atoms with E-state index in [1.54, 1.807) is 0 Å². The molecule has 0 saturated heterocycles. The summed E-state index contributed by atoms with van der Waals surface area (Å²) < 4.78 is 1.05. The van der Waals surface area contributed by atoms with E-state index < -0.39 is 0 Å². The number of rotatable bonds is 4. The summed E-state index contributed by atoms with van der Waals surface area (Å²) in [5, 5.41) is 9.08. The second-order valence-corrected chi connectivity index (χ2v) is 4.39. The highest BCUT2D eigenvalue weighted by atomic mass is 79.9. The number of hydrogen-bond acceptors (Lipinski definition) is 2. The first-order valence-electron chi connectivity index (χ1n) is 4.67. The third-order valence-electron chi connectivity index (χ3n) is 2.16. The van der Waals surface area contributed by atoms with Crippen LogP contribution >= 0.6 is 15.9 Å². The lowest BCUT2D eigenvalue weighted by Gasteiger charge is -2.12. The van der Waals surface area contributed by atoms with Crippen molar-refractivity contribution >= 4 is 15.9 Å².